The van der Waals surface area contributed by atoms with Crippen molar-refractivity contribution in [3.63, 3.8) is 0 Å². The number of hydrogen-bond donors (Lipinski definition) is 0. The number of carbonyl (C=O) groups excluding carboxylic acids is 1. The van der Waals surface area contributed by atoms with Crippen LogP contribution in [0.4, 0.5) is 0 Å². The molecule has 0 aliphatic carbocycles. The molecular weight excluding hydrogens is 228 g/mol. The fraction of sp³-hybridized carbons (Fsp3) is 0.533. The van der Waals surface area contributed by atoms with E-state index in [2.05, 4.69) is 6.92 Å². The van der Waals surface area contributed by atoms with Crippen LogP contribution in [0.1, 0.15) is 49.9 Å². The first-order valence-corrected chi connectivity index (χ1v) is 6.56. The summed E-state index contributed by atoms with van der Waals surface area (Å²) in [6.45, 7) is 4.18. The van der Waals surface area contributed by atoms with E-state index < -0.39 is 0 Å². The zero-order chi connectivity index (χ0) is 13.4. The van der Waals surface area contributed by atoms with Gasteiger partial charge in [-0.1, -0.05) is 26.7 Å². The molecule has 0 unspecified atom stereocenters. The van der Waals surface area contributed by atoms with Crippen molar-refractivity contribution in [1.82, 2.24) is 0 Å². The molecule has 0 heterocycles. The topological polar surface area (TPSA) is 35.5 Å². The minimum atomic E-state index is -0.249. The van der Waals surface area contributed by atoms with Gasteiger partial charge in [-0.2, -0.15) is 0 Å². The lowest BCUT2D eigenvalue weighted by molar-refractivity contribution is 0.0268. The average Bonchev–Trinajstić information content (AvgIpc) is 2.43. The summed E-state index contributed by atoms with van der Waals surface area (Å²) in [6.07, 6.45) is 4.04. The lowest BCUT2D eigenvalue weighted by atomic mass is 10.1. The van der Waals surface area contributed by atoms with Crippen molar-refractivity contribution in [1.29, 1.82) is 0 Å². The molecule has 0 N–H and O–H groups in total. The molecule has 0 fully saturated rings. The van der Waals surface area contributed by atoms with Gasteiger partial charge in [-0.3, -0.25) is 0 Å². The van der Waals surface area contributed by atoms with Gasteiger partial charge in [0.05, 0.1) is 12.7 Å². The molecule has 1 atom stereocenters. The minimum absolute atomic E-state index is 0.0274. The van der Waals surface area contributed by atoms with Crippen molar-refractivity contribution in [2.24, 2.45) is 0 Å². The Balaban J connectivity index is 2.56. The second-order valence-corrected chi connectivity index (χ2v) is 4.31. The van der Waals surface area contributed by atoms with E-state index in [9.17, 15) is 4.79 Å². The number of carbonyl (C=O) groups is 1. The van der Waals surface area contributed by atoms with Gasteiger partial charge in [0.15, 0.2) is 0 Å². The van der Waals surface area contributed by atoms with E-state index in [1.807, 2.05) is 6.92 Å². The molecule has 1 aromatic rings. The smallest absolute Gasteiger partial charge is 0.338 e. The summed E-state index contributed by atoms with van der Waals surface area (Å²) in [4.78, 5) is 11.9. The summed E-state index contributed by atoms with van der Waals surface area (Å²) >= 11 is 0. The summed E-state index contributed by atoms with van der Waals surface area (Å²) < 4.78 is 10.5. The predicted molar refractivity (Wildman–Crippen MR) is 72.0 cm³/mol. The highest BCUT2D eigenvalue weighted by Crippen LogP contribution is 2.15. The Labute approximate surface area is 109 Å². The quantitative estimate of drug-likeness (QED) is 0.690. The van der Waals surface area contributed by atoms with Crippen LogP contribution in [0.25, 0.3) is 0 Å². The maximum atomic E-state index is 11.9. The van der Waals surface area contributed by atoms with Crippen molar-refractivity contribution in [3.8, 4) is 5.75 Å². The summed E-state index contributed by atoms with van der Waals surface area (Å²) in [5, 5.41) is 0. The molecule has 0 aromatic heterocycles. The van der Waals surface area contributed by atoms with E-state index >= 15 is 0 Å². The van der Waals surface area contributed by atoms with Crippen LogP contribution >= 0.6 is 0 Å². The van der Waals surface area contributed by atoms with Crippen LogP contribution in [-0.2, 0) is 4.74 Å². The molecule has 0 spiro atoms. The Morgan fingerprint density at radius 2 is 1.89 bits per heavy atom. The van der Waals surface area contributed by atoms with E-state index in [1.54, 1.807) is 31.4 Å². The molecule has 18 heavy (non-hydrogen) atoms. The maximum Gasteiger partial charge on any atom is 0.338 e. The summed E-state index contributed by atoms with van der Waals surface area (Å²) in [5.41, 5.74) is 0.575. The second kappa shape index (κ2) is 7.75. The van der Waals surface area contributed by atoms with E-state index in [4.69, 9.17) is 9.47 Å². The number of methoxy groups -OCH3 is 1. The largest absolute Gasteiger partial charge is 0.497 e. The van der Waals surface area contributed by atoms with Crippen LogP contribution < -0.4 is 4.74 Å². The zero-order valence-corrected chi connectivity index (χ0v) is 11.4. The first-order chi connectivity index (χ1) is 8.71. The third-order valence-corrected chi connectivity index (χ3v) is 2.93. The predicted octanol–water partition coefficient (Wildman–Crippen LogP) is 3.82. The molecule has 0 saturated carbocycles. The lowest BCUT2D eigenvalue weighted by Gasteiger charge is -2.15. The normalized spacial score (nSPS) is 11.9. The summed E-state index contributed by atoms with van der Waals surface area (Å²) in [5.74, 6) is 0.491. The van der Waals surface area contributed by atoms with Gasteiger partial charge in [-0.05, 0) is 37.1 Å². The molecule has 100 valence electrons. The van der Waals surface area contributed by atoms with Crippen molar-refractivity contribution in [2.75, 3.05) is 7.11 Å². The standard InChI is InChI=1S/C15H22O3/c1-4-6-7-13(5-2)18-15(16)12-8-10-14(17-3)11-9-12/h8-11,13H,4-7H2,1-3H3/t13-/m1/s1. The van der Waals surface area contributed by atoms with Crippen LogP contribution in [0, 0.1) is 0 Å². The first-order valence-electron chi connectivity index (χ1n) is 6.56. The molecule has 1 aromatic carbocycles. The Morgan fingerprint density at radius 1 is 1.22 bits per heavy atom. The highest BCUT2D eigenvalue weighted by Gasteiger charge is 2.13. The van der Waals surface area contributed by atoms with Crippen LogP contribution in [0.3, 0.4) is 0 Å². The van der Waals surface area contributed by atoms with Crippen molar-refractivity contribution in [2.45, 2.75) is 45.6 Å². The van der Waals surface area contributed by atoms with Gasteiger partial charge in [0.2, 0.25) is 0 Å². The Morgan fingerprint density at radius 3 is 2.39 bits per heavy atom. The van der Waals surface area contributed by atoms with Gasteiger partial charge in [0.25, 0.3) is 0 Å². The summed E-state index contributed by atoms with van der Waals surface area (Å²) in [6, 6.07) is 6.99. The Hall–Kier alpha value is -1.51. The molecule has 0 bridgehead atoms. The first kappa shape index (κ1) is 14.6. The fourth-order valence-electron chi connectivity index (χ4n) is 1.72. The molecule has 3 nitrogen and oxygen atoms in total. The summed E-state index contributed by atoms with van der Waals surface area (Å²) in [7, 11) is 1.60. The molecule has 0 saturated heterocycles. The van der Waals surface area contributed by atoms with Gasteiger partial charge < -0.3 is 9.47 Å². The number of benzene rings is 1. The van der Waals surface area contributed by atoms with Gasteiger partial charge >= 0.3 is 5.97 Å². The van der Waals surface area contributed by atoms with Gasteiger partial charge in [-0.15, -0.1) is 0 Å². The number of esters is 1. The van der Waals surface area contributed by atoms with Gasteiger partial charge in [0.1, 0.15) is 11.9 Å². The molecule has 0 amide bonds. The average molecular weight is 250 g/mol. The SMILES string of the molecule is CCCC[C@@H](CC)OC(=O)c1ccc(OC)cc1. The van der Waals surface area contributed by atoms with E-state index in [0.29, 0.717) is 5.56 Å². The van der Waals surface area contributed by atoms with E-state index in [0.717, 1.165) is 31.4 Å². The van der Waals surface area contributed by atoms with Gasteiger partial charge in [0, 0.05) is 0 Å². The third-order valence-electron chi connectivity index (χ3n) is 2.93. The molecule has 1 rings (SSSR count). The maximum absolute atomic E-state index is 11.9. The fourth-order valence-corrected chi connectivity index (χ4v) is 1.72. The number of ether oxygens (including phenoxy) is 2. The Kier molecular flexibility index (Phi) is 6.26. The van der Waals surface area contributed by atoms with Crippen molar-refractivity contribution < 1.29 is 14.3 Å². The van der Waals surface area contributed by atoms with Crippen LogP contribution in [0.2, 0.25) is 0 Å². The van der Waals surface area contributed by atoms with E-state index in [1.165, 1.54) is 0 Å². The number of unbranched alkanes of at least 4 members (excludes halogenated alkanes) is 1. The van der Waals surface area contributed by atoms with Crippen molar-refractivity contribution in [3.05, 3.63) is 29.8 Å². The third kappa shape index (κ3) is 4.40. The zero-order valence-electron chi connectivity index (χ0n) is 11.4. The highest BCUT2D eigenvalue weighted by atomic mass is 16.5. The number of hydrogen-bond acceptors (Lipinski definition) is 3. The lowest BCUT2D eigenvalue weighted by Crippen LogP contribution is -2.17. The monoisotopic (exact) mass is 250 g/mol. The highest BCUT2D eigenvalue weighted by molar-refractivity contribution is 5.89. The van der Waals surface area contributed by atoms with Crippen LogP contribution in [0.15, 0.2) is 24.3 Å². The Bertz CT molecular complexity index is 357. The number of rotatable bonds is 7. The van der Waals surface area contributed by atoms with Crippen LogP contribution in [-0.4, -0.2) is 19.2 Å². The minimum Gasteiger partial charge on any atom is -0.497 e. The second-order valence-electron chi connectivity index (χ2n) is 4.31. The van der Waals surface area contributed by atoms with Gasteiger partial charge in [-0.25, -0.2) is 4.79 Å². The molecule has 0 aliphatic rings. The molecule has 0 radical (unpaired) electrons. The molecule has 0 aliphatic heterocycles. The van der Waals surface area contributed by atoms with E-state index in [-0.39, 0.29) is 12.1 Å². The van der Waals surface area contributed by atoms with Crippen LogP contribution in [0.5, 0.6) is 5.75 Å². The molecular formula is C15H22O3. The van der Waals surface area contributed by atoms with Crippen molar-refractivity contribution >= 4 is 5.97 Å². The molecule has 3 heteroatoms.